The lowest BCUT2D eigenvalue weighted by atomic mass is 9.87. The first-order valence-electron chi connectivity index (χ1n) is 23.5. The zero-order valence-electron chi connectivity index (χ0n) is 38.9. The lowest BCUT2D eigenvalue weighted by Crippen LogP contribution is -2.26. The molecule has 1 aliphatic rings. The van der Waals surface area contributed by atoms with Crippen LogP contribution >= 0.6 is 0 Å². The summed E-state index contributed by atoms with van der Waals surface area (Å²) in [6, 6.07) is 66.8. The average molecular weight is 890 g/mol. The Kier molecular flexibility index (Phi) is 11.0. The van der Waals surface area contributed by atoms with Gasteiger partial charge in [0.2, 0.25) is 0 Å². The third-order valence-corrected chi connectivity index (χ3v) is 13.1. The van der Waals surface area contributed by atoms with Crippen molar-refractivity contribution < 1.29 is 9.13 Å². The molecule has 0 atom stereocenters. The quantitative estimate of drug-likeness (QED) is 0.129. The minimum Gasteiger partial charge on any atom is -0.457 e. The molecule has 8 aromatic carbocycles. The van der Waals surface area contributed by atoms with Gasteiger partial charge >= 0.3 is 0 Å². The fourth-order valence-electron chi connectivity index (χ4n) is 9.86. The normalized spacial score (nSPS) is 12.4. The predicted molar refractivity (Wildman–Crippen MR) is 280 cm³/mol. The standard InChI is InChI=1S/C61H52FN5O/c1-40(2)54-33-44(43-24-26-45(62)27-25-43)34-55(41(3)4)61(54)65-39-64(57-30-23-42(5)32-59(57)65)48-35-49(66(46-16-8-6-9-17-46)47-18-10-7-11-19-47)37-51(36-48)68-50-28-29-53-52-20-12-13-21-56(52)67(58(53)38-50)60-22-14-15-31-63-60/h6-38,40-41H,39H2,1-5H3. The SMILES string of the molecule is Cc1ccc2c(c1)N(c1c(C(C)C)cc(-c3ccc(F)cc3)cc1C(C)C)CN2c1cc(Oc2ccc3c4ccccc4n(-c4ccccn4)c3c2)cc(N(c2ccccc2)c2ccccc2)c1. The number of nitrogens with zero attached hydrogens (tertiary/aromatic N) is 5. The number of para-hydroxylation sites is 3. The minimum atomic E-state index is -0.235. The summed E-state index contributed by atoms with van der Waals surface area (Å²) in [5.41, 5.74) is 15.4. The Bertz CT molecular complexity index is 3370. The van der Waals surface area contributed by atoms with E-state index >= 15 is 0 Å². The Labute approximate surface area is 397 Å². The smallest absolute Gasteiger partial charge is 0.137 e. The number of fused-ring (bicyclic) bond motifs is 4. The molecule has 0 saturated carbocycles. The molecule has 6 nitrogen and oxygen atoms in total. The zero-order valence-corrected chi connectivity index (χ0v) is 38.9. The van der Waals surface area contributed by atoms with E-state index in [0.717, 1.165) is 78.6 Å². The first-order chi connectivity index (χ1) is 33.2. The predicted octanol–water partition coefficient (Wildman–Crippen LogP) is 17.0. The van der Waals surface area contributed by atoms with Crippen LogP contribution in [-0.2, 0) is 0 Å². The van der Waals surface area contributed by atoms with Crippen molar-refractivity contribution in [3.05, 3.63) is 223 Å². The topological polar surface area (TPSA) is 36.8 Å². The van der Waals surface area contributed by atoms with Crippen LogP contribution in [0.1, 0.15) is 56.2 Å². The van der Waals surface area contributed by atoms with Gasteiger partial charge in [0.1, 0.15) is 29.8 Å². The third kappa shape index (κ3) is 7.79. The molecule has 0 unspecified atom stereocenters. The Morgan fingerprint density at radius 1 is 0.529 bits per heavy atom. The van der Waals surface area contributed by atoms with Crippen LogP contribution in [0.3, 0.4) is 0 Å². The number of pyridine rings is 1. The van der Waals surface area contributed by atoms with Gasteiger partial charge in [0.15, 0.2) is 0 Å². The van der Waals surface area contributed by atoms with Crippen molar-refractivity contribution in [1.29, 1.82) is 0 Å². The van der Waals surface area contributed by atoms with Gasteiger partial charge in [0.25, 0.3) is 0 Å². The number of hydrogen-bond donors (Lipinski definition) is 0. The van der Waals surface area contributed by atoms with Gasteiger partial charge in [-0.05, 0) is 144 Å². The van der Waals surface area contributed by atoms with Crippen LogP contribution in [0.2, 0.25) is 0 Å². The molecule has 0 radical (unpaired) electrons. The highest BCUT2D eigenvalue weighted by molar-refractivity contribution is 6.09. The molecule has 0 bridgehead atoms. The first kappa shape index (κ1) is 42.5. The largest absolute Gasteiger partial charge is 0.457 e. The molecule has 0 N–H and O–H groups in total. The Morgan fingerprint density at radius 2 is 1.19 bits per heavy atom. The molecule has 11 rings (SSSR count). The monoisotopic (exact) mass is 889 g/mol. The van der Waals surface area contributed by atoms with E-state index < -0.39 is 0 Å². The van der Waals surface area contributed by atoms with E-state index in [1.165, 1.54) is 22.4 Å². The van der Waals surface area contributed by atoms with E-state index in [1.807, 2.05) is 36.5 Å². The number of halogens is 1. The highest BCUT2D eigenvalue weighted by Crippen LogP contribution is 2.51. The summed E-state index contributed by atoms with van der Waals surface area (Å²) >= 11 is 0. The summed E-state index contributed by atoms with van der Waals surface area (Å²) < 4.78 is 23.5. The van der Waals surface area contributed by atoms with Crippen molar-refractivity contribution >= 4 is 61.6 Å². The van der Waals surface area contributed by atoms with E-state index in [1.54, 1.807) is 12.1 Å². The van der Waals surface area contributed by atoms with Crippen LogP contribution in [-0.4, -0.2) is 16.2 Å². The number of hydrogen-bond acceptors (Lipinski definition) is 5. The number of rotatable bonds is 11. The Hall–Kier alpha value is -8.16. The van der Waals surface area contributed by atoms with Gasteiger partial charge < -0.3 is 19.4 Å². The van der Waals surface area contributed by atoms with E-state index in [-0.39, 0.29) is 17.7 Å². The lowest BCUT2D eigenvalue weighted by molar-refractivity contribution is 0.483. The molecule has 68 heavy (non-hydrogen) atoms. The second-order valence-electron chi connectivity index (χ2n) is 18.3. The van der Waals surface area contributed by atoms with Crippen LogP contribution in [0.5, 0.6) is 11.5 Å². The lowest BCUT2D eigenvalue weighted by Gasteiger charge is -2.31. The molecular weight excluding hydrogens is 838 g/mol. The molecule has 0 amide bonds. The van der Waals surface area contributed by atoms with Crippen molar-refractivity contribution in [3.63, 3.8) is 0 Å². The zero-order chi connectivity index (χ0) is 46.5. The second kappa shape index (κ2) is 17.6. The van der Waals surface area contributed by atoms with Crippen molar-refractivity contribution in [2.24, 2.45) is 0 Å². The molecule has 10 aromatic rings. The molecule has 334 valence electrons. The number of anilines is 7. The van der Waals surface area contributed by atoms with E-state index in [9.17, 15) is 4.39 Å². The van der Waals surface area contributed by atoms with Crippen LogP contribution in [0.15, 0.2) is 200 Å². The summed E-state index contributed by atoms with van der Waals surface area (Å²) in [5, 5.41) is 2.29. The first-order valence-corrected chi connectivity index (χ1v) is 23.5. The molecular formula is C61H52FN5O. The summed E-state index contributed by atoms with van der Waals surface area (Å²) in [5.74, 6) is 2.47. The van der Waals surface area contributed by atoms with Gasteiger partial charge in [-0.1, -0.05) is 107 Å². The van der Waals surface area contributed by atoms with Gasteiger partial charge in [0.05, 0.1) is 28.1 Å². The van der Waals surface area contributed by atoms with Crippen molar-refractivity contribution in [2.75, 3.05) is 21.4 Å². The maximum atomic E-state index is 14.2. The van der Waals surface area contributed by atoms with Crippen molar-refractivity contribution in [3.8, 4) is 28.4 Å². The van der Waals surface area contributed by atoms with Gasteiger partial charge in [-0.2, -0.15) is 0 Å². The number of ether oxygens (including phenoxy) is 1. The maximum Gasteiger partial charge on any atom is 0.137 e. The molecule has 0 aliphatic carbocycles. The van der Waals surface area contributed by atoms with Gasteiger partial charge in [-0.15, -0.1) is 0 Å². The van der Waals surface area contributed by atoms with Crippen molar-refractivity contribution in [2.45, 2.75) is 46.5 Å². The highest BCUT2D eigenvalue weighted by atomic mass is 19.1. The van der Waals surface area contributed by atoms with Crippen LogP contribution in [0, 0.1) is 12.7 Å². The number of aromatic nitrogens is 2. The van der Waals surface area contributed by atoms with Gasteiger partial charge in [-0.25, -0.2) is 9.37 Å². The van der Waals surface area contributed by atoms with Gasteiger partial charge in [-0.3, -0.25) is 4.57 Å². The van der Waals surface area contributed by atoms with E-state index in [2.05, 4.69) is 206 Å². The van der Waals surface area contributed by atoms with Crippen LogP contribution < -0.4 is 19.4 Å². The third-order valence-electron chi connectivity index (χ3n) is 13.1. The summed E-state index contributed by atoms with van der Waals surface area (Å²) in [4.78, 5) is 12.0. The minimum absolute atomic E-state index is 0.215. The van der Waals surface area contributed by atoms with Crippen LogP contribution in [0.4, 0.5) is 44.2 Å². The summed E-state index contributed by atoms with van der Waals surface area (Å²) in [6.07, 6.45) is 1.84. The number of benzene rings is 8. The molecule has 0 fully saturated rings. The molecule has 0 saturated heterocycles. The number of aryl methyl sites for hydroxylation is 1. The molecule has 3 heterocycles. The molecule has 0 spiro atoms. The Balaban J connectivity index is 1.08. The summed E-state index contributed by atoms with van der Waals surface area (Å²) in [6.45, 7) is 11.8. The fraction of sp³-hybridized carbons (Fsp3) is 0.131. The fourth-order valence-corrected chi connectivity index (χ4v) is 9.86. The average Bonchev–Trinajstić information content (AvgIpc) is 3.90. The second-order valence-corrected chi connectivity index (χ2v) is 18.3. The van der Waals surface area contributed by atoms with E-state index in [4.69, 9.17) is 9.72 Å². The van der Waals surface area contributed by atoms with Crippen molar-refractivity contribution in [1.82, 2.24) is 9.55 Å². The Morgan fingerprint density at radius 3 is 1.87 bits per heavy atom. The highest BCUT2D eigenvalue weighted by Gasteiger charge is 2.33. The molecule has 2 aromatic heterocycles. The maximum absolute atomic E-state index is 14.2. The molecule has 7 heteroatoms. The molecule has 1 aliphatic heterocycles. The summed E-state index contributed by atoms with van der Waals surface area (Å²) in [7, 11) is 0. The van der Waals surface area contributed by atoms with Gasteiger partial charge in [0, 0.05) is 57.9 Å². The van der Waals surface area contributed by atoms with E-state index in [0.29, 0.717) is 12.4 Å². The van der Waals surface area contributed by atoms with Crippen LogP contribution in [0.25, 0.3) is 38.8 Å².